The summed E-state index contributed by atoms with van der Waals surface area (Å²) in [5, 5.41) is 0. The lowest BCUT2D eigenvalue weighted by Gasteiger charge is -2.56. The van der Waals surface area contributed by atoms with Crippen LogP contribution >= 0.6 is 0 Å². The summed E-state index contributed by atoms with van der Waals surface area (Å²) in [6.45, 7) is 14.2. The smallest absolute Gasteiger partial charge is 0.00831 e. The highest BCUT2D eigenvalue weighted by Crippen LogP contribution is 2.60. The van der Waals surface area contributed by atoms with Gasteiger partial charge in [-0.3, -0.25) is 0 Å². The van der Waals surface area contributed by atoms with Crippen molar-refractivity contribution in [3.05, 3.63) is 12.2 Å². The van der Waals surface area contributed by atoms with E-state index in [1.54, 1.807) is 5.57 Å². The molecule has 2 rings (SSSR count). The topological polar surface area (TPSA) is 0 Å². The zero-order chi connectivity index (χ0) is 11.3. The molecule has 2 saturated carbocycles. The molecule has 0 saturated heterocycles. The predicted molar refractivity (Wildman–Crippen MR) is 66.8 cm³/mol. The highest BCUT2D eigenvalue weighted by molar-refractivity contribution is 5.20. The van der Waals surface area contributed by atoms with Crippen molar-refractivity contribution in [2.45, 2.75) is 59.8 Å². The van der Waals surface area contributed by atoms with Crippen molar-refractivity contribution in [1.29, 1.82) is 0 Å². The lowest BCUT2D eigenvalue weighted by atomic mass is 9.49. The summed E-state index contributed by atoms with van der Waals surface area (Å²) in [6.07, 6.45) is 6.97. The Bertz CT molecular complexity index is 274. The van der Waals surface area contributed by atoms with Gasteiger partial charge in [0, 0.05) is 0 Å². The highest BCUT2D eigenvalue weighted by Gasteiger charge is 2.50. The van der Waals surface area contributed by atoms with Gasteiger partial charge in [-0.25, -0.2) is 0 Å². The van der Waals surface area contributed by atoms with Crippen LogP contribution in [0.2, 0.25) is 0 Å². The van der Waals surface area contributed by atoms with Gasteiger partial charge in [-0.1, -0.05) is 46.3 Å². The van der Waals surface area contributed by atoms with Gasteiger partial charge in [0.15, 0.2) is 0 Å². The van der Waals surface area contributed by atoms with Crippen LogP contribution in [0.1, 0.15) is 59.8 Å². The Labute approximate surface area is 95.1 Å². The Morgan fingerprint density at radius 3 is 2.47 bits per heavy atom. The maximum Gasteiger partial charge on any atom is -0.00831 e. The van der Waals surface area contributed by atoms with E-state index in [-0.39, 0.29) is 0 Å². The molecular weight excluding hydrogens is 180 g/mol. The van der Waals surface area contributed by atoms with E-state index in [0.717, 1.165) is 11.8 Å². The second-order valence-electron chi connectivity index (χ2n) is 6.82. The third kappa shape index (κ3) is 1.57. The van der Waals surface area contributed by atoms with Crippen molar-refractivity contribution in [1.82, 2.24) is 0 Å². The third-order valence-corrected chi connectivity index (χ3v) is 5.45. The first-order valence-corrected chi connectivity index (χ1v) is 6.57. The molecule has 0 aromatic heterocycles. The van der Waals surface area contributed by atoms with Crippen LogP contribution in [-0.4, -0.2) is 0 Å². The van der Waals surface area contributed by atoms with Crippen LogP contribution in [0, 0.1) is 22.7 Å². The summed E-state index contributed by atoms with van der Waals surface area (Å²) < 4.78 is 0. The van der Waals surface area contributed by atoms with Crippen LogP contribution in [0.25, 0.3) is 0 Å². The van der Waals surface area contributed by atoms with Crippen LogP contribution < -0.4 is 0 Å². The van der Waals surface area contributed by atoms with E-state index >= 15 is 0 Å². The average molecular weight is 206 g/mol. The largest absolute Gasteiger partial charge is 0.0990 e. The highest BCUT2D eigenvalue weighted by atomic mass is 14.5. The van der Waals surface area contributed by atoms with E-state index < -0.39 is 0 Å². The van der Waals surface area contributed by atoms with Crippen LogP contribution in [0.3, 0.4) is 0 Å². The monoisotopic (exact) mass is 206 g/mol. The maximum absolute atomic E-state index is 4.42. The van der Waals surface area contributed by atoms with E-state index in [1.165, 1.54) is 32.1 Å². The molecule has 0 unspecified atom stereocenters. The van der Waals surface area contributed by atoms with Gasteiger partial charge in [-0.05, 0) is 48.3 Å². The molecule has 0 heterocycles. The zero-order valence-corrected chi connectivity index (χ0v) is 10.9. The van der Waals surface area contributed by atoms with Crippen molar-refractivity contribution >= 4 is 0 Å². The number of fused-ring (bicyclic) bond motifs is 1. The average Bonchev–Trinajstić information content (AvgIpc) is 2.12. The Kier molecular flexibility index (Phi) is 2.52. The van der Waals surface area contributed by atoms with Gasteiger partial charge in [0.1, 0.15) is 0 Å². The fraction of sp³-hybridized carbons (Fsp3) is 0.867. The van der Waals surface area contributed by atoms with E-state index in [2.05, 4.69) is 34.3 Å². The predicted octanol–water partition coefficient (Wildman–Crippen LogP) is 4.81. The minimum atomic E-state index is 0.444. The van der Waals surface area contributed by atoms with Gasteiger partial charge < -0.3 is 0 Å². The van der Waals surface area contributed by atoms with Crippen LogP contribution in [0.5, 0.6) is 0 Å². The van der Waals surface area contributed by atoms with Gasteiger partial charge in [-0.2, -0.15) is 0 Å². The van der Waals surface area contributed by atoms with Gasteiger partial charge in [0.2, 0.25) is 0 Å². The normalized spacial score (nSPS) is 44.9. The second-order valence-corrected chi connectivity index (χ2v) is 6.82. The summed E-state index contributed by atoms with van der Waals surface area (Å²) in [4.78, 5) is 0. The van der Waals surface area contributed by atoms with E-state index in [0.29, 0.717) is 10.8 Å². The van der Waals surface area contributed by atoms with Crippen LogP contribution in [-0.2, 0) is 0 Å². The van der Waals surface area contributed by atoms with Crippen molar-refractivity contribution in [3.8, 4) is 0 Å². The molecule has 2 fully saturated rings. The van der Waals surface area contributed by atoms with Gasteiger partial charge in [0.25, 0.3) is 0 Å². The summed E-state index contributed by atoms with van der Waals surface area (Å²) in [6, 6.07) is 0. The SMILES string of the molecule is C=C1[C@@H](C)CC[C@H]2C(C)(C)CCC[C@]12C. The van der Waals surface area contributed by atoms with Crippen molar-refractivity contribution in [3.63, 3.8) is 0 Å². The molecular formula is C15H26. The molecule has 0 radical (unpaired) electrons. The first kappa shape index (κ1) is 11.2. The molecule has 0 spiro atoms. The standard InChI is InChI=1S/C15H26/c1-11-7-8-13-14(3,4)9-6-10-15(13,5)12(11)2/h11,13H,2,6-10H2,1,3-5H3/t11-,13-,15+/m0/s1. The molecule has 0 aromatic carbocycles. The molecule has 2 aliphatic carbocycles. The summed E-state index contributed by atoms with van der Waals surface area (Å²) in [5.41, 5.74) is 2.53. The van der Waals surface area contributed by atoms with Crippen LogP contribution in [0.4, 0.5) is 0 Å². The molecule has 0 N–H and O–H groups in total. The number of allylic oxidation sites excluding steroid dienone is 1. The molecule has 15 heavy (non-hydrogen) atoms. The second kappa shape index (κ2) is 3.37. The molecule has 0 nitrogen and oxygen atoms in total. The Morgan fingerprint density at radius 1 is 1.13 bits per heavy atom. The molecule has 2 aliphatic rings. The molecule has 86 valence electrons. The molecule has 0 bridgehead atoms. The van der Waals surface area contributed by atoms with E-state index in [4.69, 9.17) is 0 Å². The summed E-state index contributed by atoms with van der Waals surface area (Å²) in [5.74, 6) is 1.63. The Balaban J connectivity index is 2.34. The minimum absolute atomic E-state index is 0.444. The lowest BCUT2D eigenvalue weighted by molar-refractivity contribution is -0.00588. The Hall–Kier alpha value is -0.260. The van der Waals surface area contributed by atoms with Crippen molar-refractivity contribution < 1.29 is 0 Å². The number of rotatable bonds is 0. The van der Waals surface area contributed by atoms with Crippen LogP contribution in [0.15, 0.2) is 12.2 Å². The number of hydrogen-bond acceptors (Lipinski definition) is 0. The van der Waals surface area contributed by atoms with E-state index in [1.807, 2.05) is 0 Å². The zero-order valence-electron chi connectivity index (χ0n) is 10.9. The van der Waals surface area contributed by atoms with Crippen molar-refractivity contribution in [2.75, 3.05) is 0 Å². The Morgan fingerprint density at radius 2 is 1.80 bits per heavy atom. The minimum Gasteiger partial charge on any atom is -0.0990 e. The van der Waals surface area contributed by atoms with Gasteiger partial charge in [-0.15, -0.1) is 0 Å². The molecule has 0 aliphatic heterocycles. The van der Waals surface area contributed by atoms with Gasteiger partial charge >= 0.3 is 0 Å². The first-order chi connectivity index (χ1) is 6.88. The van der Waals surface area contributed by atoms with Gasteiger partial charge in [0.05, 0.1) is 0 Å². The maximum atomic E-state index is 4.42. The van der Waals surface area contributed by atoms with Crippen molar-refractivity contribution in [2.24, 2.45) is 22.7 Å². The summed E-state index contributed by atoms with van der Waals surface area (Å²) >= 11 is 0. The number of hydrogen-bond donors (Lipinski definition) is 0. The first-order valence-electron chi connectivity index (χ1n) is 6.57. The third-order valence-electron chi connectivity index (χ3n) is 5.45. The quantitative estimate of drug-likeness (QED) is 0.499. The molecule has 3 atom stereocenters. The fourth-order valence-electron chi connectivity index (χ4n) is 4.37. The lowest BCUT2D eigenvalue weighted by Crippen LogP contribution is -2.46. The fourth-order valence-corrected chi connectivity index (χ4v) is 4.37. The summed E-state index contributed by atoms with van der Waals surface area (Å²) in [7, 11) is 0. The molecule has 0 amide bonds. The molecule has 0 heteroatoms. The molecule has 0 aromatic rings. The van der Waals surface area contributed by atoms with E-state index in [9.17, 15) is 0 Å².